The first kappa shape index (κ1) is 16.0. The van der Waals surface area contributed by atoms with Crippen LogP contribution in [0.1, 0.15) is 25.7 Å². The summed E-state index contributed by atoms with van der Waals surface area (Å²) >= 11 is 4.18. The number of nitrogens with one attached hydrogen (secondary N) is 1. The van der Waals surface area contributed by atoms with E-state index in [1.165, 1.54) is 40.0 Å². The van der Waals surface area contributed by atoms with Gasteiger partial charge in [-0.15, -0.1) is 11.3 Å². The monoisotopic (exact) mass is 378 g/mol. The minimum absolute atomic E-state index is 0.137. The molecular weight excluding hydrogens is 364 g/mol. The molecule has 0 fully saturated rings. The maximum Gasteiger partial charge on any atom is 0.262 e. The molecule has 3 heterocycles. The average molecular weight is 379 g/mol. The number of thioether (sulfide) groups is 2. The van der Waals surface area contributed by atoms with E-state index in [4.69, 9.17) is 0 Å². The summed E-state index contributed by atoms with van der Waals surface area (Å²) in [5, 5.41) is 6.29. The molecule has 0 radical (unpaired) electrons. The van der Waals surface area contributed by atoms with Crippen molar-refractivity contribution in [2.75, 3.05) is 11.1 Å². The van der Waals surface area contributed by atoms with Crippen molar-refractivity contribution in [3.63, 3.8) is 0 Å². The molecule has 0 saturated carbocycles. The SMILES string of the molecule is O=C(CSC1=NC(=O)C2C(=N1)SC1=C2CCCC1)Nc1nccs1. The van der Waals surface area contributed by atoms with E-state index in [9.17, 15) is 9.59 Å². The second-order valence-electron chi connectivity index (χ2n) is 5.55. The first-order valence-electron chi connectivity index (χ1n) is 7.64. The fourth-order valence-corrected chi connectivity index (χ4v) is 5.51. The Bertz CT molecular complexity index is 783. The molecule has 124 valence electrons. The van der Waals surface area contributed by atoms with Gasteiger partial charge in [-0.3, -0.25) is 9.59 Å². The predicted molar refractivity (Wildman–Crippen MR) is 99.7 cm³/mol. The van der Waals surface area contributed by atoms with E-state index in [-0.39, 0.29) is 23.5 Å². The number of aromatic nitrogens is 1. The van der Waals surface area contributed by atoms with Crippen molar-refractivity contribution in [1.29, 1.82) is 0 Å². The lowest BCUT2D eigenvalue weighted by atomic mass is 9.89. The molecule has 0 aromatic carbocycles. The molecule has 3 aliphatic rings. The zero-order valence-electron chi connectivity index (χ0n) is 12.7. The molecule has 9 heteroatoms. The van der Waals surface area contributed by atoms with E-state index in [1.54, 1.807) is 23.3 Å². The number of thiazole rings is 1. The highest BCUT2D eigenvalue weighted by Gasteiger charge is 2.40. The summed E-state index contributed by atoms with van der Waals surface area (Å²) in [6.45, 7) is 0. The van der Waals surface area contributed by atoms with Crippen LogP contribution < -0.4 is 5.32 Å². The van der Waals surface area contributed by atoms with Crippen molar-refractivity contribution >= 4 is 62.0 Å². The molecule has 2 aliphatic heterocycles. The van der Waals surface area contributed by atoms with Gasteiger partial charge in [0.25, 0.3) is 5.91 Å². The number of anilines is 1. The van der Waals surface area contributed by atoms with Crippen molar-refractivity contribution in [1.82, 2.24) is 4.98 Å². The number of nitrogens with zero attached hydrogens (tertiary/aromatic N) is 3. The molecule has 1 aromatic heterocycles. The maximum atomic E-state index is 12.4. The second kappa shape index (κ2) is 6.81. The second-order valence-corrected chi connectivity index (χ2v) is 8.50. The van der Waals surface area contributed by atoms with Crippen LogP contribution in [-0.2, 0) is 9.59 Å². The fourth-order valence-electron chi connectivity index (χ4n) is 2.91. The van der Waals surface area contributed by atoms with Crippen LogP contribution in [0.15, 0.2) is 32.0 Å². The number of rotatable bonds is 3. The third-order valence-electron chi connectivity index (χ3n) is 3.95. The summed E-state index contributed by atoms with van der Waals surface area (Å²) in [4.78, 5) is 38.2. The minimum Gasteiger partial charge on any atom is -0.301 e. The summed E-state index contributed by atoms with van der Waals surface area (Å²) in [6.07, 6.45) is 5.97. The highest BCUT2D eigenvalue weighted by atomic mass is 32.2. The number of hydrogen-bond donors (Lipinski definition) is 1. The van der Waals surface area contributed by atoms with Crippen LogP contribution in [0.3, 0.4) is 0 Å². The number of fused-ring (bicyclic) bond motifs is 2. The van der Waals surface area contributed by atoms with Gasteiger partial charge in [-0.2, -0.15) is 4.99 Å². The predicted octanol–water partition coefficient (Wildman–Crippen LogP) is 3.30. The Hall–Kier alpha value is -1.45. The number of aliphatic imine (C=N–C) groups is 2. The molecule has 1 N–H and O–H groups in total. The molecule has 2 amide bonds. The van der Waals surface area contributed by atoms with Crippen LogP contribution in [-0.4, -0.2) is 32.8 Å². The number of allylic oxidation sites excluding steroid dienone is 1. The highest BCUT2D eigenvalue weighted by molar-refractivity contribution is 8.18. The Balaban J connectivity index is 1.40. The topological polar surface area (TPSA) is 83.8 Å². The molecule has 1 aromatic rings. The summed E-state index contributed by atoms with van der Waals surface area (Å²) in [7, 11) is 0. The molecule has 24 heavy (non-hydrogen) atoms. The Morgan fingerprint density at radius 3 is 3.04 bits per heavy atom. The van der Waals surface area contributed by atoms with E-state index in [0.29, 0.717) is 10.3 Å². The van der Waals surface area contributed by atoms with Gasteiger partial charge in [0.05, 0.1) is 10.8 Å². The van der Waals surface area contributed by atoms with Gasteiger partial charge in [-0.05, 0) is 36.2 Å². The fraction of sp³-hybridized carbons (Fsp3) is 0.400. The molecule has 6 nitrogen and oxygen atoms in total. The van der Waals surface area contributed by atoms with Crippen molar-refractivity contribution in [2.24, 2.45) is 15.9 Å². The zero-order valence-corrected chi connectivity index (χ0v) is 15.1. The zero-order chi connectivity index (χ0) is 16.5. The van der Waals surface area contributed by atoms with Gasteiger partial charge in [-0.1, -0.05) is 23.5 Å². The third kappa shape index (κ3) is 3.20. The van der Waals surface area contributed by atoms with E-state index in [1.807, 2.05) is 0 Å². The van der Waals surface area contributed by atoms with Crippen molar-refractivity contribution in [2.45, 2.75) is 25.7 Å². The maximum absolute atomic E-state index is 12.4. The van der Waals surface area contributed by atoms with Crippen molar-refractivity contribution in [3.05, 3.63) is 22.1 Å². The number of amidine groups is 1. The number of hydrogen-bond acceptors (Lipinski definition) is 7. The van der Waals surface area contributed by atoms with Crippen molar-refractivity contribution < 1.29 is 9.59 Å². The average Bonchev–Trinajstić information content (AvgIpc) is 3.19. The van der Waals surface area contributed by atoms with Gasteiger partial charge in [0.2, 0.25) is 5.91 Å². The van der Waals surface area contributed by atoms with Gasteiger partial charge < -0.3 is 5.32 Å². The van der Waals surface area contributed by atoms with Gasteiger partial charge >= 0.3 is 0 Å². The molecule has 4 rings (SSSR count). The van der Waals surface area contributed by atoms with Crippen LogP contribution >= 0.6 is 34.9 Å². The first-order valence-corrected chi connectivity index (χ1v) is 10.3. The largest absolute Gasteiger partial charge is 0.301 e. The molecule has 0 spiro atoms. The molecular formula is C15H14N4O2S3. The Morgan fingerprint density at radius 1 is 1.33 bits per heavy atom. The molecule has 1 atom stereocenters. The summed E-state index contributed by atoms with van der Waals surface area (Å²) in [5.41, 5.74) is 1.23. The normalized spacial score (nSPS) is 22.7. The number of amides is 2. The lowest BCUT2D eigenvalue weighted by molar-refractivity contribution is -0.119. The Kier molecular flexibility index (Phi) is 4.55. The quantitative estimate of drug-likeness (QED) is 0.872. The van der Waals surface area contributed by atoms with E-state index < -0.39 is 0 Å². The van der Waals surface area contributed by atoms with E-state index in [0.717, 1.165) is 24.3 Å². The Labute approximate surface area is 151 Å². The van der Waals surface area contributed by atoms with Gasteiger partial charge in [0.15, 0.2) is 10.3 Å². The van der Waals surface area contributed by atoms with Gasteiger partial charge in [0.1, 0.15) is 5.92 Å². The minimum atomic E-state index is -0.251. The summed E-state index contributed by atoms with van der Waals surface area (Å²) < 4.78 is 0. The van der Waals surface area contributed by atoms with E-state index in [2.05, 4.69) is 20.3 Å². The van der Waals surface area contributed by atoms with Crippen molar-refractivity contribution in [3.8, 4) is 0 Å². The number of carbonyl (C=O) groups excluding carboxylic acids is 2. The van der Waals surface area contributed by atoms with Gasteiger partial charge in [-0.25, -0.2) is 9.98 Å². The lowest BCUT2D eigenvalue weighted by Crippen LogP contribution is -2.25. The standard InChI is InChI=1S/C15H14N4O2S3/c20-10(17-14-16-5-6-22-14)7-23-15-18-12(21)11-8-3-1-2-4-9(8)24-13(11)19-15/h5-6,11H,1-4,7H2,(H,16,17,20). The summed E-state index contributed by atoms with van der Waals surface area (Å²) in [6, 6.07) is 0. The third-order valence-corrected chi connectivity index (χ3v) is 6.74. The summed E-state index contributed by atoms with van der Waals surface area (Å²) in [5.74, 6) is -0.407. The van der Waals surface area contributed by atoms with Crippen LogP contribution in [0, 0.1) is 5.92 Å². The van der Waals surface area contributed by atoms with Crippen LogP contribution in [0.5, 0.6) is 0 Å². The molecule has 0 saturated heterocycles. The number of carbonyl (C=O) groups is 2. The molecule has 1 aliphatic carbocycles. The van der Waals surface area contributed by atoms with E-state index >= 15 is 0 Å². The first-order chi connectivity index (χ1) is 11.7. The molecule has 1 unspecified atom stereocenters. The van der Waals surface area contributed by atoms with Crippen LogP contribution in [0.4, 0.5) is 5.13 Å². The Morgan fingerprint density at radius 2 is 2.21 bits per heavy atom. The smallest absolute Gasteiger partial charge is 0.262 e. The van der Waals surface area contributed by atoms with Crippen LogP contribution in [0.25, 0.3) is 0 Å². The van der Waals surface area contributed by atoms with Crippen LogP contribution in [0.2, 0.25) is 0 Å². The molecule has 0 bridgehead atoms. The lowest BCUT2D eigenvalue weighted by Gasteiger charge is -2.18. The van der Waals surface area contributed by atoms with Gasteiger partial charge in [0, 0.05) is 11.6 Å². The highest BCUT2D eigenvalue weighted by Crippen LogP contribution is 2.47.